The Morgan fingerprint density at radius 3 is 2.86 bits per heavy atom. The molecule has 192 valence electrons. The van der Waals surface area contributed by atoms with Gasteiger partial charge in [0.05, 0.1) is 19.3 Å². The number of nitrogens with zero attached hydrogens (tertiary/aromatic N) is 3. The molecule has 4 rings (SSSR count). The van der Waals surface area contributed by atoms with Gasteiger partial charge in [0.25, 0.3) is 0 Å². The molecule has 1 aromatic heterocycles. The van der Waals surface area contributed by atoms with Gasteiger partial charge in [0.2, 0.25) is 0 Å². The van der Waals surface area contributed by atoms with Gasteiger partial charge in [-0.05, 0) is 19.1 Å². The van der Waals surface area contributed by atoms with Crippen LogP contribution in [0.15, 0.2) is 46.0 Å². The fourth-order valence-electron chi connectivity index (χ4n) is 4.05. The van der Waals surface area contributed by atoms with Crippen LogP contribution in [0.5, 0.6) is 0 Å². The molecule has 3 heterocycles. The highest BCUT2D eigenvalue weighted by Crippen LogP contribution is 2.37. The Morgan fingerprint density at radius 2 is 2.19 bits per heavy atom. The van der Waals surface area contributed by atoms with E-state index in [4.69, 9.17) is 26.1 Å². The highest BCUT2D eigenvalue weighted by atomic mass is 35.5. The molecule has 36 heavy (non-hydrogen) atoms. The second kappa shape index (κ2) is 11.6. The maximum Gasteiger partial charge on any atom is 0.338 e. The monoisotopic (exact) mass is 554 g/mol. The fourth-order valence-corrected chi connectivity index (χ4v) is 6.21. The van der Waals surface area contributed by atoms with E-state index in [2.05, 4.69) is 10.3 Å². The number of aliphatic imine (C=N–C) groups is 1. The molecule has 1 aromatic carbocycles. The predicted octanol–water partition coefficient (Wildman–Crippen LogP) is 2.45. The number of carbonyl (C=O) groups is 2. The van der Waals surface area contributed by atoms with Crippen molar-refractivity contribution in [3.63, 3.8) is 0 Å². The van der Waals surface area contributed by atoms with Crippen LogP contribution in [-0.4, -0.2) is 76.2 Å². The van der Waals surface area contributed by atoms with E-state index in [0.717, 1.165) is 6.07 Å². The van der Waals surface area contributed by atoms with Crippen molar-refractivity contribution in [1.29, 1.82) is 0 Å². The molecule has 1 N–H and O–H groups in total. The number of hydrogen-bond acceptors (Lipinski definition) is 10. The number of halogens is 2. The molecule has 2 aromatic rings. The predicted molar refractivity (Wildman–Crippen MR) is 135 cm³/mol. The molecule has 1 fully saturated rings. The van der Waals surface area contributed by atoms with E-state index in [9.17, 15) is 18.2 Å². The van der Waals surface area contributed by atoms with Crippen LogP contribution < -0.4 is 5.32 Å². The van der Waals surface area contributed by atoms with Crippen molar-refractivity contribution in [1.82, 2.24) is 15.2 Å². The van der Waals surface area contributed by atoms with Gasteiger partial charge >= 0.3 is 11.9 Å². The Bertz CT molecular complexity index is 1240. The Hall–Kier alpha value is -2.67. The summed E-state index contributed by atoms with van der Waals surface area (Å²) in [7, 11) is 0.109. The van der Waals surface area contributed by atoms with Crippen molar-refractivity contribution in [3.8, 4) is 0 Å². The number of thiazole rings is 1. The smallest absolute Gasteiger partial charge is 0.338 e. The van der Waals surface area contributed by atoms with Gasteiger partial charge in [-0.25, -0.2) is 14.2 Å². The first-order chi connectivity index (χ1) is 17.3. The van der Waals surface area contributed by atoms with E-state index in [-0.39, 0.29) is 29.5 Å². The van der Waals surface area contributed by atoms with E-state index in [1.54, 1.807) is 18.5 Å². The number of amidine groups is 1. The second-order valence-electron chi connectivity index (χ2n) is 7.94. The molecule has 0 radical (unpaired) electrons. The molecule has 2 aliphatic rings. The topological polar surface area (TPSA) is 110 Å². The molecular formula is C23H24ClFN4O5S2. The molecular weight excluding hydrogens is 531 g/mol. The first-order valence-electron chi connectivity index (χ1n) is 11.1. The number of rotatable bonds is 7. The lowest BCUT2D eigenvalue weighted by atomic mass is 9.95. The largest absolute Gasteiger partial charge is 0.468 e. The lowest BCUT2D eigenvalue weighted by Gasteiger charge is -2.36. The minimum atomic E-state index is -1.17. The van der Waals surface area contributed by atoms with Crippen molar-refractivity contribution < 1.29 is 27.7 Å². The average Bonchev–Trinajstić information content (AvgIpc) is 3.39. The van der Waals surface area contributed by atoms with Crippen molar-refractivity contribution >= 4 is 51.5 Å². The summed E-state index contributed by atoms with van der Waals surface area (Å²) in [4.78, 5) is 36.6. The van der Waals surface area contributed by atoms with Gasteiger partial charge in [-0.15, -0.1) is 11.3 Å². The Labute approximate surface area is 218 Å². The second-order valence-corrected chi connectivity index (χ2v) is 10.9. The van der Waals surface area contributed by atoms with Crippen LogP contribution in [0.3, 0.4) is 0 Å². The van der Waals surface area contributed by atoms with Gasteiger partial charge in [0.15, 0.2) is 10.8 Å². The summed E-state index contributed by atoms with van der Waals surface area (Å²) >= 11 is 7.75. The number of carbonyl (C=O) groups excluding carboxylic acids is 2. The van der Waals surface area contributed by atoms with E-state index < -0.39 is 40.6 Å². The maximum atomic E-state index is 13.8. The van der Waals surface area contributed by atoms with Crippen LogP contribution in [-0.2, 0) is 29.9 Å². The van der Waals surface area contributed by atoms with Crippen LogP contribution in [0.1, 0.15) is 23.5 Å². The van der Waals surface area contributed by atoms with E-state index >= 15 is 0 Å². The summed E-state index contributed by atoms with van der Waals surface area (Å²) in [5, 5.41) is 5.67. The number of ether oxygens (including phenoxy) is 2. The molecule has 0 saturated carbocycles. The third-order valence-corrected chi connectivity index (χ3v) is 8.17. The third-order valence-electron chi connectivity index (χ3n) is 5.74. The van der Waals surface area contributed by atoms with Crippen LogP contribution in [0.25, 0.3) is 0 Å². The summed E-state index contributed by atoms with van der Waals surface area (Å²) in [5.74, 6) is -0.767. The molecule has 13 heteroatoms. The molecule has 0 amide bonds. The number of nitrogens with one attached hydrogen (secondary N) is 1. The first kappa shape index (κ1) is 26.4. The minimum absolute atomic E-state index is 0.103. The van der Waals surface area contributed by atoms with E-state index in [1.165, 1.54) is 30.6 Å². The average molecular weight is 555 g/mol. The van der Waals surface area contributed by atoms with Gasteiger partial charge in [-0.2, -0.15) is 0 Å². The number of benzene rings is 1. The zero-order valence-corrected chi connectivity index (χ0v) is 21.9. The molecule has 0 aliphatic carbocycles. The number of esters is 2. The Balaban J connectivity index is 1.83. The fraction of sp³-hybridized carbons (Fsp3) is 0.391. The minimum Gasteiger partial charge on any atom is -0.468 e. The molecule has 0 spiro atoms. The van der Waals surface area contributed by atoms with E-state index in [0.29, 0.717) is 34.4 Å². The van der Waals surface area contributed by atoms with Gasteiger partial charge in [0.1, 0.15) is 17.9 Å². The maximum absolute atomic E-state index is 13.8. The third kappa shape index (κ3) is 5.66. The molecule has 2 aliphatic heterocycles. The van der Waals surface area contributed by atoms with Crippen molar-refractivity contribution in [2.45, 2.75) is 19.0 Å². The standard InChI is InChI=1S/C23H24ClFN4O5S2/c1-3-34-23(31)18-16(11-29-7-9-36(32)12-17(29)22(30)33-2)27-20(21-26-6-8-35-21)28-19(18)14-5-4-13(25)10-15(14)24/h4-6,8,10,17,19H,3,7,9,11-12H2,1-2H3,(H,27,28). The highest BCUT2D eigenvalue weighted by Gasteiger charge is 2.38. The Kier molecular flexibility index (Phi) is 8.50. The van der Waals surface area contributed by atoms with Crippen LogP contribution in [0.4, 0.5) is 4.39 Å². The molecule has 9 nitrogen and oxygen atoms in total. The number of hydrogen-bond donors (Lipinski definition) is 1. The van der Waals surface area contributed by atoms with Crippen LogP contribution in [0, 0.1) is 5.82 Å². The van der Waals surface area contributed by atoms with Crippen LogP contribution in [0.2, 0.25) is 5.02 Å². The normalized spacial score (nSPS) is 22.6. The lowest BCUT2D eigenvalue weighted by molar-refractivity contribution is -0.146. The summed E-state index contributed by atoms with van der Waals surface area (Å²) in [6, 6.07) is 2.22. The molecule has 1 saturated heterocycles. The SMILES string of the molecule is CCOC(=O)C1=C(CN2CCS(=O)CC2C(=O)OC)NC(c2nccs2)=NC1c1ccc(F)cc1Cl. The number of methoxy groups -OCH3 is 1. The van der Waals surface area contributed by atoms with E-state index in [1.807, 2.05) is 4.90 Å². The summed E-state index contributed by atoms with van der Waals surface area (Å²) in [5.41, 5.74) is 1.03. The number of aromatic nitrogens is 1. The van der Waals surface area contributed by atoms with Crippen molar-refractivity contribution in [3.05, 3.63) is 62.5 Å². The summed E-state index contributed by atoms with van der Waals surface area (Å²) in [6.07, 6.45) is 1.63. The Morgan fingerprint density at radius 1 is 1.39 bits per heavy atom. The summed E-state index contributed by atoms with van der Waals surface area (Å²) < 4.78 is 36.3. The quantitative estimate of drug-likeness (QED) is 0.520. The van der Waals surface area contributed by atoms with Crippen molar-refractivity contribution in [2.24, 2.45) is 4.99 Å². The zero-order valence-electron chi connectivity index (χ0n) is 19.5. The van der Waals surface area contributed by atoms with Gasteiger partial charge in [0, 0.05) is 63.3 Å². The molecule has 0 bridgehead atoms. The summed E-state index contributed by atoms with van der Waals surface area (Å²) in [6.45, 7) is 2.27. The molecule has 3 unspecified atom stereocenters. The lowest BCUT2D eigenvalue weighted by Crippen LogP contribution is -2.53. The van der Waals surface area contributed by atoms with Gasteiger partial charge in [-0.3, -0.25) is 18.9 Å². The van der Waals surface area contributed by atoms with Crippen molar-refractivity contribution in [2.75, 3.05) is 38.3 Å². The van der Waals surface area contributed by atoms with Crippen LogP contribution >= 0.6 is 22.9 Å². The van der Waals surface area contributed by atoms with Gasteiger partial charge < -0.3 is 14.8 Å². The highest BCUT2D eigenvalue weighted by molar-refractivity contribution is 7.85. The van der Waals surface area contributed by atoms with Gasteiger partial charge in [-0.1, -0.05) is 17.7 Å². The molecule has 3 atom stereocenters. The zero-order chi connectivity index (χ0) is 25.8. The first-order valence-corrected chi connectivity index (χ1v) is 13.8.